The Balaban J connectivity index is 1.35. The molecular formula is C24H27FN4O4. The predicted molar refractivity (Wildman–Crippen MR) is 119 cm³/mol. The summed E-state index contributed by atoms with van der Waals surface area (Å²) in [5, 5.41) is 0. The summed E-state index contributed by atoms with van der Waals surface area (Å²) in [6, 6.07) is 4.30. The van der Waals surface area contributed by atoms with E-state index in [1.54, 1.807) is 15.9 Å². The number of piperazine rings is 1. The van der Waals surface area contributed by atoms with Gasteiger partial charge in [0.15, 0.2) is 0 Å². The summed E-state index contributed by atoms with van der Waals surface area (Å²) in [6.07, 6.45) is 4.97. The highest BCUT2D eigenvalue weighted by Gasteiger charge is 2.35. The van der Waals surface area contributed by atoms with E-state index in [0.717, 1.165) is 31.4 Å². The molecule has 2 aliphatic carbocycles. The second-order valence-electron chi connectivity index (χ2n) is 9.18. The van der Waals surface area contributed by atoms with Crippen LogP contribution in [0, 0.1) is 11.7 Å². The number of fused-ring (bicyclic) bond motifs is 1. The topological polar surface area (TPSA) is 95.5 Å². The highest BCUT2D eigenvalue weighted by atomic mass is 19.1. The normalized spacial score (nSPS) is 18.2. The van der Waals surface area contributed by atoms with Crippen molar-refractivity contribution in [2.45, 2.75) is 45.1 Å². The van der Waals surface area contributed by atoms with Crippen molar-refractivity contribution in [2.75, 3.05) is 26.2 Å². The number of benzene rings is 1. The molecule has 33 heavy (non-hydrogen) atoms. The SMILES string of the molecule is O=C(c1cc(Cn2c3c(c(=O)[nH]c2=O)CCCC3)ccc1F)N1CCN(C(=O)C2CC2)CC1. The maximum absolute atomic E-state index is 14.6. The number of rotatable bonds is 4. The van der Waals surface area contributed by atoms with Gasteiger partial charge in [-0.15, -0.1) is 0 Å². The summed E-state index contributed by atoms with van der Waals surface area (Å²) in [5.41, 5.74) is 1.11. The average molecular weight is 455 g/mol. The van der Waals surface area contributed by atoms with Crippen LogP contribution in [0.5, 0.6) is 0 Å². The summed E-state index contributed by atoms with van der Waals surface area (Å²) in [7, 11) is 0. The lowest BCUT2D eigenvalue weighted by Gasteiger charge is -2.35. The Bertz CT molecular complexity index is 1220. The zero-order valence-corrected chi connectivity index (χ0v) is 18.4. The molecule has 5 rings (SSSR count). The molecule has 8 nitrogen and oxygen atoms in total. The molecule has 3 aliphatic rings. The predicted octanol–water partition coefficient (Wildman–Crippen LogP) is 1.30. The van der Waals surface area contributed by atoms with Gasteiger partial charge in [-0.3, -0.25) is 23.9 Å². The van der Waals surface area contributed by atoms with E-state index < -0.39 is 17.4 Å². The number of aromatic amines is 1. The molecule has 2 fully saturated rings. The van der Waals surface area contributed by atoms with Gasteiger partial charge in [-0.05, 0) is 56.2 Å². The first kappa shape index (κ1) is 21.6. The van der Waals surface area contributed by atoms with Crippen molar-refractivity contribution in [3.05, 3.63) is 67.2 Å². The molecule has 174 valence electrons. The van der Waals surface area contributed by atoms with Crippen molar-refractivity contribution >= 4 is 11.8 Å². The summed E-state index contributed by atoms with van der Waals surface area (Å²) in [5.74, 6) is -0.729. The van der Waals surface area contributed by atoms with Gasteiger partial charge in [-0.1, -0.05) is 6.07 Å². The van der Waals surface area contributed by atoms with Gasteiger partial charge in [0.25, 0.3) is 11.5 Å². The minimum Gasteiger partial charge on any atom is -0.339 e. The number of hydrogen-bond donors (Lipinski definition) is 1. The molecule has 1 aromatic heterocycles. The van der Waals surface area contributed by atoms with Crippen LogP contribution < -0.4 is 11.2 Å². The molecule has 1 saturated heterocycles. The van der Waals surface area contributed by atoms with Crippen LogP contribution in [0.4, 0.5) is 4.39 Å². The van der Waals surface area contributed by atoms with E-state index in [0.29, 0.717) is 50.1 Å². The molecule has 0 unspecified atom stereocenters. The van der Waals surface area contributed by atoms with Gasteiger partial charge in [-0.2, -0.15) is 0 Å². The van der Waals surface area contributed by atoms with E-state index in [2.05, 4.69) is 4.98 Å². The Hall–Kier alpha value is -3.23. The lowest BCUT2D eigenvalue weighted by atomic mass is 9.96. The van der Waals surface area contributed by atoms with Gasteiger partial charge >= 0.3 is 5.69 Å². The van der Waals surface area contributed by atoms with E-state index in [1.807, 2.05) is 0 Å². The number of hydrogen-bond acceptors (Lipinski definition) is 4. The Morgan fingerprint density at radius 1 is 1.00 bits per heavy atom. The van der Waals surface area contributed by atoms with Gasteiger partial charge in [0.2, 0.25) is 5.91 Å². The quantitative estimate of drug-likeness (QED) is 0.753. The van der Waals surface area contributed by atoms with E-state index >= 15 is 0 Å². The number of nitrogens with zero attached hydrogens (tertiary/aromatic N) is 3. The Kier molecular flexibility index (Phi) is 5.64. The molecule has 0 atom stereocenters. The van der Waals surface area contributed by atoms with Crippen LogP contribution in [-0.4, -0.2) is 57.3 Å². The molecule has 1 saturated carbocycles. The van der Waals surface area contributed by atoms with E-state index in [9.17, 15) is 23.6 Å². The van der Waals surface area contributed by atoms with Crippen LogP contribution in [0.2, 0.25) is 0 Å². The maximum atomic E-state index is 14.6. The largest absolute Gasteiger partial charge is 0.339 e. The van der Waals surface area contributed by atoms with E-state index in [1.165, 1.54) is 16.7 Å². The summed E-state index contributed by atoms with van der Waals surface area (Å²) in [4.78, 5) is 55.7. The molecule has 0 bridgehead atoms. The third-order valence-corrected chi connectivity index (χ3v) is 6.91. The third-order valence-electron chi connectivity index (χ3n) is 6.91. The average Bonchev–Trinajstić information content (AvgIpc) is 3.67. The highest BCUT2D eigenvalue weighted by molar-refractivity contribution is 5.95. The van der Waals surface area contributed by atoms with Crippen LogP contribution in [-0.2, 0) is 24.2 Å². The Morgan fingerprint density at radius 3 is 2.42 bits per heavy atom. The fourth-order valence-corrected chi connectivity index (χ4v) is 4.87. The molecule has 0 spiro atoms. The first-order valence-corrected chi connectivity index (χ1v) is 11.6. The van der Waals surface area contributed by atoms with Gasteiger partial charge in [-0.25, -0.2) is 9.18 Å². The lowest BCUT2D eigenvalue weighted by Crippen LogP contribution is -2.51. The van der Waals surface area contributed by atoms with Crippen LogP contribution in [0.15, 0.2) is 27.8 Å². The maximum Gasteiger partial charge on any atom is 0.328 e. The van der Waals surface area contributed by atoms with E-state index in [-0.39, 0.29) is 29.5 Å². The second kappa shape index (κ2) is 8.61. The fourth-order valence-electron chi connectivity index (χ4n) is 4.87. The van der Waals surface area contributed by atoms with Crippen molar-refractivity contribution < 1.29 is 14.0 Å². The Labute approximate surface area is 190 Å². The number of aromatic nitrogens is 2. The monoisotopic (exact) mass is 454 g/mol. The first-order chi connectivity index (χ1) is 15.9. The summed E-state index contributed by atoms with van der Waals surface area (Å²) < 4.78 is 16.1. The highest BCUT2D eigenvalue weighted by Crippen LogP contribution is 2.31. The van der Waals surface area contributed by atoms with Gasteiger partial charge in [0, 0.05) is 43.4 Å². The second-order valence-corrected chi connectivity index (χ2v) is 9.18. The van der Waals surface area contributed by atoms with Crippen molar-refractivity contribution in [3.63, 3.8) is 0 Å². The molecular weight excluding hydrogens is 427 g/mol. The lowest BCUT2D eigenvalue weighted by molar-refractivity contribution is -0.134. The number of nitrogens with one attached hydrogen (secondary N) is 1. The summed E-state index contributed by atoms with van der Waals surface area (Å²) in [6.45, 7) is 1.81. The third kappa shape index (κ3) is 4.24. The van der Waals surface area contributed by atoms with Crippen molar-refractivity contribution in [1.82, 2.24) is 19.4 Å². The number of amides is 2. The van der Waals surface area contributed by atoms with Crippen LogP contribution in [0.1, 0.15) is 52.9 Å². The Morgan fingerprint density at radius 2 is 1.70 bits per heavy atom. The minimum absolute atomic E-state index is 0.0409. The van der Waals surface area contributed by atoms with Crippen LogP contribution in [0.3, 0.4) is 0 Å². The fraction of sp³-hybridized carbons (Fsp3) is 0.500. The molecule has 9 heteroatoms. The van der Waals surface area contributed by atoms with Crippen molar-refractivity contribution in [1.29, 1.82) is 0 Å². The number of carbonyl (C=O) groups is 2. The van der Waals surface area contributed by atoms with Crippen molar-refractivity contribution in [2.24, 2.45) is 5.92 Å². The minimum atomic E-state index is -0.615. The zero-order valence-electron chi connectivity index (χ0n) is 18.4. The first-order valence-electron chi connectivity index (χ1n) is 11.6. The molecule has 2 aromatic rings. The van der Waals surface area contributed by atoms with Crippen molar-refractivity contribution in [3.8, 4) is 0 Å². The zero-order chi connectivity index (χ0) is 23.1. The standard InChI is InChI=1S/C24H27FN4O4/c25-19-8-5-15(14-29-20-4-2-1-3-17(20)21(30)26-24(29)33)13-18(19)23(32)28-11-9-27(10-12-28)22(31)16-6-7-16/h5,8,13,16H,1-4,6-7,9-12,14H2,(H,26,30,33). The van der Waals surface area contributed by atoms with Gasteiger partial charge < -0.3 is 9.80 Å². The van der Waals surface area contributed by atoms with Gasteiger partial charge in [0.1, 0.15) is 5.82 Å². The summed E-state index contributed by atoms with van der Waals surface area (Å²) >= 11 is 0. The molecule has 2 amide bonds. The van der Waals surface area contributed by atoms with Gasteiger partial charge in [0.05, 0.1) is 12.1 Å². The smallest absolute Gasteiger partial charge is 0.328 e. The molecule has 1 aliphatic heterocycles. The molecule has 1 N–H and O–H groups in total. The number of H-pyrrole nitrogens is 1. The van der Waals surface area contributed by atoms with Crippen LogP contribution in [0.25, 0.3) is 0 Å². The number of halogens is 1. The molecule has 0 radical (unpaired) electrons. The molecule has 2 heterocycles. The van der Waals surface area contributed by atoms with Crippen LogP contribution >= 0.6 is 0 Å². The van der Waals surface area contributed by atoms with E-state index in [4.69, 9.17) is 0 Å². The molecule has 1 aromatic carbocycles. The number of carbonyl (C=O) groups excluding carboxylic acids is 2.